The number of hydrogen-bond donors (Lipinski definition) is 3. The number of carbonyl (C=O) groups is 1. The van der Waals surface area contributed by atoms with E-state index in [1.54, 1.807) is 6.07 Å². The van der Waals surface area contributed by atoms with Gasteiger partial charge in [0.25, 0.3) is 5.75 Å². The van der Waals surface area contributed by atoms with Crippen molar-refractivity contribution in [3.05, 3.63) is 64.3 Å². The molecular formula is C25H29O6+. The van der Waals surface area contributed by atoms with Crippen molar-refractivity contribution in [2.24, 2.45) is 0 Å². The summed E-state index contributed by atoms with van der Waals surface area (Å²) in [6.45, 7) is 6.11. The van der Waals surface area contributed by atoms with Gasteiger partial charge in [0.15, 0.2) is 5.78 Å². The fraction of sp³-hybridized carbons (Fsp3) is 0.320. The number of ketones is 1. The van der Waals surface area contributed by atoms with Gasteiger partial charge in [-0.3, -0.25) is 4.79 Å². The van der Waals surface area contributed by atoms with Gasteiger partial charge in [-0.1, -0.05) is 23.3 Å². The second-order valence-electron chi connectivity index (χ2n) is 8.18. The van der Waals surface area contributed by atoms with E-state index in [-0.39, 0.29) is 46.5 Å². The molecule has 1 aliphatic rings. The SMILES string of the molecule is CC(C)=CCC/C(C)=C/Cc1c(O)cc2c(c1O)C(=O)C[C@@H](c1ccc([OH2+])c(O)c1)O2. The number of phenolic OH excluding ortho intramolecular Hbond substituents is 3. The van der Waals surface area contributed by atoms with Gasteiger partial charge in [0.05, 0.1) is 6.42 Å². The van der Waals surface area contributed by atoms with Crippen molar-refractivity contribution in [1.29, 1.82) is 0 Å². The fourth-order valence-corrected chi connectivity index (χ4v) is 3.60. The minimum absolute atomic E-state index is 0.0147. The Labute approximate surface area is 181 Å². The molecule has 0 radical (unpaired) electrons. The maximum atomic E-state index is 12.8. The van der Waals surface area contributed by atoms with Gasteiger partial charge >= 0.3 is 0 Å². The van der Waals surface area contributed by atoms with E-state index in [2.05, 4.69) is 19.9 Å². The molecule has 0 saturated carbocycles. The van der Waals surface area contributed by atoms with Crippen molar-refractivity contribution in [3.8, 4) is 28.7 Å². The standard InChI is InChI=1S/C25H28O6/c1-14(2)5-4-6-15(3)7-9-17-19(27)12-23-24(25(17)30)21(29)13-22(31-23)16-8-10-18(26)20(28)11-16/h5,7-8,10-12,22,26-28,30H,4,6,9,13H2,1-3H3/p+1/b15-7+/t22-/m0/s1. The molecule has 164 valence electrons. The molecule has 0 aromatic heterocycles. The summed E-state index contributed by atoms with van der Waals surface area (Å²) >= 11 is 0. The monoisotopic (exact) mass is 425 g/mol. The fourth-order valence-electron chi connectivity index (χ4n) is 3.60. The molecule has 0 saturated heterocycles. The third-order valence-corrected chi connectivity index (χ3v) is 5.40. The lowest BCUT2D eigenvalue weighted by atomic mass is 9.92. The number of ether oxygens (including phenoxy) is 1. The molecule has 0 amide bonds. The zero-order valence-corrected chi connectivity index (χ0v) is 18.0. The lowest BCUT2D eigenvalue weighted by Gasteiger charge is -2.27. The van der Waals surface area contributed by atoms with Crippen molar-refractivity contribution in [2.45, 2.75) is 52.6 Å². The lowest BCUT2D eigenvalue weighted by Crippen LogP contribution is -2.21. The largest absolute Gasteiger partial charge is 0.591 e. The number of allylic oxidation sites excluding steroid dienone is 4. The normalized spacial score (nSPS) is 15.9. The Kier molecular flexibility index (Phi) is 6.59. The van der Waals surface area contributed by atoms with Gasteiger partial charge in [-0.15, -0.1) is 0 Å². The quantitative estimate of drug-likeness (QED) is 0.436. The molecule has 0 aliphatic carbocycles. The van der Waals surface area contributed by atoms with Crippen molar-refractivity contribution < 1.29 is 30.0 Å². The van der Waals surface area contributed by atoms with Gasteiger partial charge in [0.1, 0.15) is 28.9 Å². The number of phenols is 3. The van der Waals surface area contributed by atoms with Gasteiger partial charge in [0.2, 0.25) is 5.75 Å². The Hall–Kier alpha value is -3.41. The van der Waals surface area contributed by atoms with Crippen molar-refractivity contribution in [2.75, 3.05) is 0 Å². The minimum atomic E-state index is -0.673. The van der Waals surface area contributed by atoms with Crippen molar-refractivity contribution in [1.82, 2.24) is 0 Å². The average Bonchev–Trinajstić information content (AvgIpc) is 2.68. The first-order chi connectivity index (χ1) is 14.7. The van der Waals surface area contributed by atoms with Crippen LogP contribution in [0.4, 0.5) is 0 Å². The summed E-state index contributed by atoms with van der Waals surface area (Å²) in [7, 11) is 0. The second-order valence-corrected chi connectivity index (χ2v) is 8.18. The molecule has 3 rings (SSSR count). The molecule has 6 nitrogen and oxygen atoms in total. The van der Waals surface area contributed by atoms with Gasteiger partial charge in [-0.05, 0) is 57.7 Å². The summed E-state index contributed by atoms with van der Waals surface area (Å²) in [5.41, 5.74) is 3.31. The molecule has 0 unspecified atom stereocenters. The second kappa shape index (κ2) is 9.16. The smallest absolute Gasteiger partial charge is 0.296 e. The van der Waals surface area contributed by atoms with Crippen LogP contribution in [0.2, 0.25) is 0 Å². The highest BCUT2D eigenvalue weighted by Crippen LogP contribution is 2.45. The predicted molar refractivity (Wildman–Crippen MR) is 119 cm³/mol. The summed E-state index contributed by atoms with van der Waals surface area (Å²) in [6, 6.07) is 5.79. The van der Waals surface area contributed by atoms with Crippen molar-refractivity contribution in [3.63, 3.8) is 0 Å². The van der Waals surface area contributed by atoms with Crippen LogP contribution < -0.4 is 4.74 Å². The number of aromatic hydroxyl groups is 3. The third kappa shape index (κ3) is 5.02. The van der Waals surface area contributed by atoms with E-state index in [0.717, 1.165) is 18.4 Å². The van der Waals surface area contributed by atoms with Crippen LogP contribution in [-0.2, 0) is 6.42 Å². The number of benzene rings is 2. The Morgan fingerprint density at radius 2 is 1.87 bits per heavy atom. The summed E-state index contributed by atoms with van der Waals surface area (Å²) < 4.78 is 5.87. The maximum absolute atomic E-state index is 12.8. The molecular weight excluding hydrogens is 396 g/mol. The highest BCUT2D eigenvalue weighted by atomic mass is 16.5. The minimum Gasteiger partial charge on any atom is -0.591 e. The molecule has 1 atom stereocenters. The zero-order valence-electron chi connectivity index (χ0n) is 18.0. The number of hydrogen-bond acceptors (Lipinski definition) is 5. The van der Waals surface area contributed by atoms with E-state index < -0.39 is 6.10 Å². The molecule has 31 heavy (non-hydrogen) atoms. The highest BCUT2D eigenvalue weighted by molar-refractivity contribution is 6.03. The zero-order chi connectivity index (χ0) is 22.7. The first-order valence-corrected chi connectivity index (χ1v) is 10.3. The number of fused-ring (bicyclic) bond motifs is 1. The Morgan fingerprint density at radius 3 is 2.55 bits per heavy atom. The van der Waals surface area contributed by atoms with E-state index in [0.29, 0.717) is 17.5 Å². The molecule has 6 heteroatoms. The van der Waals surface area contributed by atoms with E-state index in [9.17, 15) is 20.1 Å². The highest BCUT2D eigenvalue weighted by Gasteiger charge is 2.33. The van der Waals surface area contributed by atoms with E-state index >= 15 is 0 Å². The summed E-state index contributed by atoms with van der Waals surface area (Å²) in [4.78, 5) is 12.8. The average molecular weight is 426 g/mol. The van der Waals surface area contributed by atoms with Crippen LogP contribution >= 0.6 is 0 Å². The van der Waals surface area contributed by atoms with Crippen LogP contribution in [0.25, 0.3) is 0 Å². The number of rotatable bonds is 6. The molecule has 2 aromatic carbocycles. The lowest BCUT2D eigenvalue weighted by molar-refractivity contribution is 0.0844. The van der Waals surface area contributed by atoms with Crippen LogP contribution in [0.15, 0.2) is 47.6 Å². The summed E-state index contributed by atoms with van der Waals surface area (Å²) in [6.07, 6.45) is 5.54. The van der Waals surface area contributed by atoms with Crippen LogP contribution in [-0.4, -0.2) is 26.2 Å². The molecule has 5 N–H and O–H groups in total. The number of carbonyl (C=O) groups excluding carboxylic acids is 1. The topological polar surface area (TPSA) is 110 Å². The molecule has 1 heterocycles. The van der Waals surface area contributed by atoms with Crippen LogP contribution in [0.3, 0.4) is 0 Å². The first kappa shape index (κ1) is 22.3. The van der Waals surface area contributed by atoms with Crippen LogP contribution in [0, 0.1) is 0 Å². The molecule has 0 bridgehead atoms. The van der Waals surface area contributed by atoms with Crippen LogP contribution in [0.5, 0.6) is 28.7 Å². The first-order valence-electron chi connectivity index (χ1n) is 10.3. The molecule has 2 aromatic rings. The number of Topliss-reactive ketones (excluding diaryl/α,β-unsaturated/α-hetero) is 1. The molecule has 0 fully saturated rings. The Balaban J connectivity index is 1.84. The Morgan fingerprint density at radius 1 is 1.13 bits per heavy atom. The molecule has 0 spiro atoms. The van der Waals surface area contributed by atoms with Crippen molar-refractivity contribution >= 4 is 5.78 Å². The third-order valence-electron chi connectivity index (χ3n) is 5.40. The van der Waals surface area contributed by atoms with E-state index in [1.165, 1.54) is 23.8 Å². The predicted octanol–water partition coefficient (Wildman–Crippen LogP) is 5.18. The van der Waals surface area contributed by atoms with E-state index in [1.807, 2.05) is 13.0 Å². The maximum Gasteiger partial charge on any atom is 0.296 e. The van der Waals surface area contributed by atoms with Gasteiger partial charge in [-0.25, -0.2) is 0 Å². The van der Waals surface area contributed by atoms with Gasteiger partial charge in [-0.2, -0.15) is 0 Å². The summed E-state index contributed by atoms with van der Waals surface area (Å²) in [5, 5.41) is 38.5. The van der Waals surface area contributed by atoms with E-state index in [4.69, 9.17) is 9.84 Å². The van der Waals surface area contributed by atoms with Gasteiger partial charge < -0.3 is 25.2 Å². The summed E-state index contributed by atoms with van der Waals surface area (Å²) in [5.74, 6) is -0.802. The molecule has 1 aliphatic heterocycles. The van der Waals surface area contributed by atoms with Crippen LogP contribution in [0.1, 0.15) is 67.6 Å². The Bertz CT molecular complexity index is 1060. The van der Waals surface area contributed by atoms with Gasteiger partial charge in [0, 0.05) is 17.7 Å².